The van der Waals surface area contributed by atoms with Crippen molar-refractivity contribution in [3.8, 4) is 11.5 Å². The third kappa shape index (κ3) is 3.01. The maximum atomic E-state index is 12.9. The number of anilines is 1. The van der Waals surface area contributed by atoms with Crippen LogP contribution in [0.4, 0.5) is 14.5 Å². The predicted molar refractivity (Wildman–Crippen MR) is 84.3 cm³/mol. The van der Waals surface area contributed by atoms with Crippen molar-refractivity contribution in [2.75, 3.05) is 18.7 Å². The van der Waals surface area contributed by atoms with E-state index in [2.05, 4.69) is 0 Å². The highest BCUT2D eigenvalue weighted by Gasteiger charge is 2.30. The van der Waals surface area contributed by atoms with Crippen molar-refractivity contribution in [1.29, 1.82) is 0 Å². The second kappa shape index (κ2) is 6.27. The topological polar surface area (TPSA) is 55.8 Å². The van der Waals surface area contributed by atoms with Gasteiger partial charge in [0.05, 0.1) is 10.6 Å². The molecule has 0 atom stereocenters. The normalized spacial score (nSPS) is 13.3. The molecule has 0 bridgehead atoms. The molecule has 0 radical (unpaired) electrons. The number of rotatable bonds is 5. The average Bonchev–Trinajstić information content (AvgIpc) is 3.02. The number of nitrogens with zero attached hydrogens (tertiary/aromatic N) is 1. The van der Waals surface area contributed by atoms with Crippen LogP contribution >= 0.6 is 0 Å². The van der Waals surface area contributed by atoms with Gasteiger partial charge < -0.3 is 14.4 Å². The van der Waals surface area contributed by atoms with E-state index in [0.717, 1.165) is 5.56 Å². The molecular weight excluding hydrogens is 340 g/mol. The molecule has 2 aromatic carbocycles. The fourth-order valence-electron chi connectivity index (χ4n) is 2.51. The first-order valence-electron chi connectivity index (χ1n) is 7.10. The van der Waals surface area contributed by atoms with E-state index in [4.69, 9.17) is 9.47 Å². The lowest BCUT2D eigenvalue weighted by Crippen LogP contribution is -2.21. The smallest absolute Gasteiger partial charge is 0.341 e. The Hall–Kier alpha value is -2.35. The average molecular weight is 355 g/mol. The Balaban J connectivity index is 1.90. The molecule has 0 unspecified atom stereocenters. The Labute approximate surface area is 138 Å². The van der Waals surface area contributed by atoms with Crippen molar-refractivity contribution >= 4 is 15.5 Å². The van der Waals surface area contributed by atoms with E-state index in [1.807, 2.05) is 6.07 Å². The van der Waals surface area contributed by atoms with E-state index in [1.54, 1.807) is 30.1 Å². The Morgan fingerprint density at radius 1 is 1.12 bits per heavy atom. The summed E-state index contributed by atoms with van der Waals surface area (Å²) in [6, 6.07) is 11.1. The fraction of sp³-hybridized carbons (Fsp3) is 0.250. The third-order valence-corrected chi connectivity index (χ3v) is 5.10. The summed E-state index contributed by atoms with van der Waals surface area (Å²) in [5, 5.41) is 0. The molecule has 0 aromatic heterocycles. The second-order valence-corrected chi connectivity index (χ2v) is 7.20. The first-order chi connectivity index (χ1) is 11.4. The van der Waals surface area contributed by atoms with Gasteiger partial charge >= 0.3 is 5.76 Å². The maximum Gasteiger partial charge on any atom is 0.341 e. The van der Waals surface area contributed by atoms with Crippen LogP contribution in [-0.4, -0.2) is 28.0 Å². The summed E-state index contributed by atoms with van der Waals surface area (Å²) in [5.41, 5.74) is 1.06. The van der Waals surface area contributed by atoms with Crippen molar-refractivity contribution < 1.29 is 26.7 Å². The van der Waals surface area contributed by atoms with Crippen LogP contribution in [0.5, 0.6) is 11.5 Å². The highest BCUT2D eigenvalue weighted by molar-refractivity contribution is 7.91. The second-order valence-electron chi connectivity index (χ2n) is 5.32. The zero-order valence-corrected chi connectivity index (χ0v) is 13.6. The van der Waals surface area contributed by atoms with Crippen LogP contribution in [-0.2, 0) is 16.4 Å². The van der Waals surface area contributed by atoms with Gasteiger partial charge in [0.2, 0.25) is 16.6 Å². The fourth-order valence-corrected chi connectivity index (χ4v) is 3.48. The minimum Gasteiger partial charge on any atom is -0.454 e. The molecule has 2 aromatic rings. The van der Waals surface area contributed by atoms with Gasteiger partial charge in [-0.2, -0.15) is 8.78 Å². The zero-order valence-electron chi connectivity index (χ0n) is 12.8. The minimum atomic E-state index is -4.67. The van der Waals surface area contributed by atoms with Crippen molar-refractivity contribution in [3.63, 3.8) is 0 Å². The lowest BCUT2D eigenvalue weighted by Gasteiger charge is -2.22. The van der Waals surface area contributed by atoms with Gasteiger partial charge in [-0.3, -0.25) is 0 Å². The van der Waals surface area contributed by atoms with Gasteiger partial charge in [0.1, 0.15) is 0 Å². The summed E-state index contributed by atoms with van der Waals surface area (Å²) >= 11 is 0. The Bertz CT molecular complexity index is 855. The first kappa shape index (κ1) is 16.5. The Morgan fingerprint density at radius 2 is 1.83 bits per heavy atom. The van der Waals surface area contributed by atoms with E-state index < -0.39 is 15.6 Å². The van der Waals surface area contributed by atoms with Gasteiger partial charge in [0.25, 0.3) is 0 Å². The van der Waals surface area contributed by atoms with E-state index in [1.165, 1.54) is 18.2 Å². The monoisotopic (exact) mass is 355 g/mol. The van der Waals surface area contributed by atoms with Crippen molar-refractivity contribution in [1.82, 2.24) is 0 Å². The van der Waals surface area contributed by atoms with Crippen LogP contribution in [0.15, 0.2) is 47.4 Å². The number of hydrogen-bond donors (Lipinski definition) is 0. The van der Waals surface area contributed by atoms with Crippen LogP contribution in [0, 0.1) is 0 Å². The summed E-state index contributed by atoms with van der Waals surface area (Å²) in [6.07, 6.45) is 0. The molecule has 1 heterocycles. The quantitative estimate of drug-likeness (QED) is 0.825. The van der Waals surface area contributed by atoms with Crippen LogP contribution in [0.25, 0.3) is 0 Å². The molecule has 0 aliphatic carbocycles. The molecule has 0 fully saturated rings. The summed E-state index contributed by atoms with van der Waals surface area (Å²) in [7, 11) is -3.03. The molecule has 24 heavy (non-hydrogen) atoms. The molecule has 0 saturated carbocycles. The van der Waals surface area contributed by atoms with Crippen LogP contribution in [0.1, 0.15) is 5.56 Å². The number of para-hydroxylation sites is 1. The summed E-state index contributed by atoms with van der Waals surface area (Å²) in [4.78, 5) is 1.22. The summed E-state index contributed by atoms with van der Waals surface area (Å²) in [6.45, 7) is 0.483. The number of hydrogen-bond acceptors (Lipinski definition) is 5. The van der Waals surface area contributed by atoms with Crippen LogP contribution in [0.3, 0.4) is 0 Å². The number of ether oxygens (including phenoxy) is 2. The molecule has 0 N–H and O–H groups in total. The highest BCUT2D eigenvalue weighted by atomic mass is 32.2. The number of fused-ring (bicyclic) bond motifs is 1. The maximum absolute atomic E-state index is 12.9. The summed E-state index contributed by atoms with van der Waals surface area (Å²) < 4.78 is 60.0. The third-order valence-electron chi connectivity index (χ3n) is 3.67. The molecule has 128 valence electrons. The van der Waals surface area contributed by atoms with Gasteiger partial charge in [-0.25, -0.2) is 8.42 Å². The zero-order chi connectivity index (χ0) is 17.3. The van der Waals surface area contributed by atoms with E-state index in [0.29, 0.717) is 18.0 Å². The molecule has 0 spiro atoms. The molecule has 1 aliphatic rings. The largest absolute Gasteiger partial charge is 0.454 e. The number of benzene rings is 2. The Morgan fingerprint density at radius 3 is 2.58 bits per heavy atom. The Kier molecular flexibility index (Phi) is 4.31. The molecular formula is C16H15F2NO4S. The van der Waals surface area contributed by atoms with Crippen molar-refractivity contribution in [3.05, 3.63) is 48.0 Å². The molecule has 3 rings (SSSR count). The first-order valence-corrected chi connectivity index (χ1v) is 8.65. The van der Waals surface area contributed by atoms with Gasteiger partial charge in [-0.1, -0.05) is 18.2 Å². The standard InChI is InChI=1S/C16H15F2NO4S/c1-19(9-11-6-7-13-14(8-11)23-10-22-13)12-4-2-3-5-15(12)24(20,21)16(17)18/h2-8,16H,9-10H2,1H3. The molecule has 0 saturated heterocycles. The minimum absolute atomic E-state index is 0.157. The van der Waals surface area contributed by atoms with Crippen LogP contribution < -0.4 is 14.4 Å². The molecule has 1 aliphatic heterocycles. The highest BCUT2D eigenvalue weighted by Crippen LogP contribution is 2.34. The molecule has 8 heteroatoms. The van der Waals surface area contributed by atoms with E-state index >= 15 is 0 Å². The van der Waals surface area contributed by atoms with Gasteiger partial charge in [-0.05, 0) is 29.8 Å². The molecule has 0 amide bonds. The number of sulfone groups is 1. The van der Waals surface area contributed by atoms with E-state index in [9.17, 15) is 17.2 Å². The number of halogens is 2. The van der Waals surface area contributed by atoms with Gasteiger partial charge in [0.15, 0.2) is 11.5 Å². The van der Waals surface area contributed by atoms with Crippen molar-refractivity contribution in [2.24, 2.45) is 0 Å². The summed E-state index contributed by atoms with van der Waals surface area (Å²) in [5.74, 6) is -2.21. The lowest BCUT2D eigenvalue weighted by atomic mass is 10.2. The molecule has 5 nitrogen and oxygen atoms in total. The predicted octanol–water partition coefficient (Wildman–Crippen LogP) is 3.05. The van der Waals surface area contributed by atoms with Crippen molar-refractivity contribution in [2.45, 2.75) is 17.2 Å². The van der Waals surface area contributed by atoms with Crippen LogP contribution in [0.2, 0.25) is 0 Å². The SMILES string of the molecule is CN(Cc1ccc2c(c1)OCO2)c1ccccc1S(=O)(=O)C(F)F. The van der Waals surface area contributed by atoms with Gasteiger partial charge in [0, 0.05) is 13.6 Å². The van der Waals surface area contributed by atoms with Gasteiger partial charge in [-0.15, -0.1) is 0 Å². The lowest BCUT2D eigenvalue weighted by molar-refractivity contribution is 0.174. The van der Waals surface area contributed by atoms with E-state index in [-0.39, 0.29) is 17.4 Å². The number of alkyl halides is 2.